The van der Waals surface area contributed by atoms with Crippen LogP contribution in [0.15, 0.2) is 132 Å². The summed E-state index contributed by atoms with van der Waals surface area (Å²) in [5, 5.41) is 2.01. The minimum absolute atomic E-state index is 0.304. The molecule has 0 bridgehead atoms. The van der Waals surface area contributed by atoms with E-state index >= 15 is 0 Å². The summed E-state index contributed by atoms with van der Waals surface area (Å²) in [6, 6.07) is 41.5. The van der Waals surface area contributed by atoms with Crippen molar-refractivity contribution < 1.29 is 13.1 Å². The van der Waals surface area contributed by atoms with Crippen LogP contribution in [0, 0.1) is 13.8 Å². The Bertz CT molecular complexity index is 2130. The van der Waals surface area contributed by atoms with Crippen molar-refractivity contribution in [1.82, 2.24) is 0 Å². The van der Waals surface area contributed by atoms with Crippen molar-refractivity contribution in [3.05, 3.63) is 139 Å². The second-order valence-electron chi connectivity index (χ2n) is 10.4. The van der Waals surface area contributed by atoms with Gasteiger partial charge in [0.1, 0.15) is 18.2 Å². The first-order valence-electron chi connectivity index (χ1n) is 15.0. The minimum atomic E-state index is -2.21. The van der Waals surface area contributed by atoms with Crippen LogP contribution in [-0.4, -0.2) is 0 Å². The molecule has 2 nitrogen and oxygen atoms in total. The van der Waals surface area contributed by atoms with Gasteiger partial charge in [0.2, 0.25) is 5.69 Å². The van der Waals surface area contributed by atoms with Crippen LogP contribution < -0.4 is 4.57 Å². The molecule has 0 aliphatic carbocycles. The highest BCUT2D eigenvalue weighted by atomic mass is 16.3. The normalized spacial score (nSPS) is 12.8. The lowest BCUT2D eigenvalue weighted by Crippen LogP contribution is -2.30. The monoisotopic (exact) mass is 519 g/mol. The number of aromatic nitrogens is 1. The second kappa shape index (κ2) is 9.66. The number of hydrogen-bond donors (Lipinski definition) is 0. The smallest absolute Gasteiger partial charge is 0.216 e. The third-order valence-corrected chi connectivity index (χ3v) is 7.74. The maximum absolute atomic E-state index is 8.01. The first-order chi connectivity index (χ1) is 20.8. The first kappa shape index (κ1) is 20.9. The van der Waals surface area contributed by atoms with Crippen molar-refractivity contribution in [2.24, 2.45) is 7.05 Å². The maximum atomic E-state index is 8.01. The lowest BCUT2D eigenvalue weighted by molar-refractivity contribution is -0.660. The van der Waals surface area contributed by atoms with E-state index in [0.29, 0.717) is 5.56 Å². The zero-order chi connectivity index (χ0) is 29.7. The third kappa shape index (κ3) is 4.10. The number of furan rings is 1. The Balaban J connectivity index is 1.51. The Morgan fingerprint density at radius 1 is 0.600 bits per heavy atom. The molecule has 0 spiro atoms. The van der Waals surface area contributed by atoms with Crippen molar-refractivity contribution in [2.75, 3.05) is 0 Å². The van der Waals surface area contributed by atoms with Crippen molar-refractivity contribution in [3.8, 4) is 44.6 Å². The summed E-state index contributed by atoms with van der Waals surface area (Å²) in [6.07, 6.45) is 1.81. The third-order valence-electron chi connectivity index (χ3n) is 7.74. The molecular weight excluding hydrogens is 486 g/mol. The molecule has 40 heavy (non-hydrogen) atoms. The Kier molecular flexibility index (Phi) is 5.06. The average Bonchev–Trinajstić information content (AvgIpc) is 3.40. The first-order valence-corrected chi connectivity index (χ1v) is 13.5. The molecule has 7 aromatic rings. The summed E-state index contributed by atoms with van der Waals surface area (Å²) in [6.45, 7) is -0.162. The summed E-state index contributed by atoms with van der Waals surface area (Å²) in [4.78, 5) is 0. The van der Waals surface area contributed by atoms with Gasteiger partial charge < -0.3 is 4.42 Å². The summed E-state index contributed by atoms with van der Waals surface area (Å²) < 4.78 is 32.8. The predicted molar refractivity (Wildman–Crippen MR) is 166 cm³/mol. The van der Waals surface area contributed by atoms with E-state index in [0.717, 1.165) is 66.6 Å². The van der Waals surface area contributed by atoms with Gasteiger partial charge in [-0.05, 0) is 70.9 Å². The molecule has 2 heteroatoms. The van der Waals surface area contributed by atoms with Gasteiger partial charge in [0, 0.05) is 32.6 Å². The van der Waals surface area contributed by atoms with E-state index in [2.05, 4.69) is 84.9 Å². The molecule has 192 valence electrons. The number of rotatable bonds is 4. The van der Waals surface area contributed by atoms with Crippen LogP contribution in [0.4, 0.5) is 0 Å². The molecule has 0 N–H and O–H groups in total. The van der Waals surface area contributed by atoms with Gasteiger partial charge in [0.05, 0.1) is 5.56 Å². The van der Waals surface area contributed by atoms with Crippen molar-refractivity contribution in [1.29, 1.82) is 0 Å². The van der Waals surface area contributed by atoms with E-state index in [1.54, 1.807) is 12.1 Å². The van der Waals surface area contributed by atoms with Gasteiger partial charge in [-0.2, -0.15) is 0 Å². The average molecular weight is 520 g/mol. The van der Waals surface area contributed by atoms with Crippen LogP contribution in [0.3, 0.4) is 0 Å². The lowest BCUT2D eigenvalue weighted by atomic mass is 9.93. The van der Waals surface area contributed by atoms with Gasteiger partial charge in [-0.25, -0.2) is 4.57 Å². The second-order valence-corrected chi connectivity index (χ2v) is 10.4. The number of aryl methyl sites for hydroxylation is 3. The van der Waals surface area contributed by atoms with E-state index in [-0.39, 0.29) is 0 Å². The molecule has 0 atom stereocenters. The summed E-state index contributed by atoms with van der Waals surface area (Å²) in [5.41, 5.74) is 11.2. The molecule has 2 aromatic heterocycles. The molecule has 0 fully saturated rings. The summed E-state index contributed by atoms with van der Waals surface area (Å²) in [5.74, 6) is 0. The molecule has 0 saturated carbocycles. The molecule has 0 unspecified atom stereocenters. The van der Waals surface area contributed by atoms with Crippen LogP contribution in [0.2, 0.25) is 0 Å². The van der Waals surface area contributed by atoms with Gasteiger partial charge in [-0.3, -0.25) is 0 Å². The van der Waals surface area contributed by atoms with Gasteiger partial charge in [-0.15, -0.1) is 0 Å². The minimum Gasteiger partial charge on any atom is -0.454 e. The highest BCUT2D eigenvalue weighted by molar-refractivity contribution is 6.14. The fourth-order valence-corrected chi connectivity index (χ4v) is 5.68. The van der Waals surface area contributed by atoms with Crippen molar-refractivity contribution >= 4 is 21.9 Å². The summed E-state index contributed by atoms with van der Waals surface area (Å²) in [7, 11) is 1.94. The van der Waals surface area contributed by atoms with Crippen LogP contribution in [0.5, 0.6) is 0 Å². The maximum Gasteiger partial charge on any atom is 0.216 e. The molecule has 0 radical (unpaired) electrons. The number of fused-ring (bicyclic) bond motifs is 3. The molecule has 5 aromatic carbocycles. The number of hydrogen-bond acceptors (Lipinski definition) is 1. The van der Waals surface area contributed by atoms with Crippen molar-refractivity contribution in [2.45, 2.75) is 13.8 Å². The predicted octanol–water partition coefficient (Wildman–Crippen LogP) is 9.70. The highest BCUT2D eigenvalue weighted by Crippen LogP contribution is 2.43. The standard InChI is InChI=1S/C38H30NO/c1-25-19-20-39(3)35(21-25)36-26(2)17-18-32-34-24-31(30-16-10-15-29(22-30)27-11-6-4-7-12-27)23-33(37(34)40-38(32)36)28-13-8-5-9-14-28/h4-24H,1-3H3/q+1/i1D3. The molecule has 2 heterocycles. The molecule has 0 aliphatic heterocycles. The van der Waals surface area contributed by atoms with E-state index in [1.165, 1.54) is 5.56 Å². The Labute approximate surface area is 239 Å². The number of nitrogens with zero attached hydrogens (tertiary/aromatic N) is 1. The van der Waals surface area contributed by atoms with E-state index in [9.17, 15) is 0 Å². The number of benzene rings is 5. The van der Waals surface area contributed by atoms with E-state index in [1.807, 2.05) is 49.0 Å². The topological polar surface area (TPSA) is 17.0 Å². The van der Waals surface area contributed by atoms with Gasteiger partial charge in [0.25, 0.3) is 0 Å². The van der Waals surface area contributed by atoms with Crippen LogP contribution in [0.1, 0.15) is 15.2 Å². The SMILES string of the molecule is [2H]C([2H])([2H])c1cc[n+](C)c(-c2c(C)ccc3c2oc2c(-c4ccccc4)cc(-c4cccc(-c5ccccc5)c4)cc23)c1. The van der Waals surface area contributed by atoms with Crippen LogP contribution in [0.25, 0.3) is 66.6 Å². The van der Waals surface area contributed by atoms with Gasteiger partial charge in [0.15, 0.2) is 6.20 Å². The summed E-state index contributed by atoms with van der Waals surface area (Å²) >= 11 is 0. The Morgan fingerprint density at radius 3 is 2.05 bits per heavy atom. The molecule has 0 saturated heterocycles. The quantitative estimate of drug-likeness (QED) is 0.212. The van der Waals surface area contributed by atoms with Gasteiger partial charge in [-0.1, -0.05) is 91.0 Å². The highest BCUT2D eigenvalue weighted by Gasteiger charge is 2.23. The zero-order valence-corrected chi connectivity index (χ0v) is 22.5. The van der Waals surface area contributed by atoms with Crippen molar-refractivity contribution in [3.63, 3.8) is 0 Å². The fraction of sp³-hybridized carbons (Fsp3) is 0.0789. The Hall–Kier alpha value is -4.95. The van der Waals surface area contributed by atoms with Crippen LogP contribution in [-0.2, 0) is 7.05 Å². The molecule has 0 amide bonds. The van der Waals surface area contributed by atoms with Crippen LogP contribution >= 0.6 is 0 Å². The molecule has 7 rings (SSSR count). The molecular formula is C38H30NO+. The Morgan fingerprint density at radius 2 is 1.30 bits per heavy atom. The zero-order valence-electron chi connectivity index (χ0n) is 25.5. The fourth-order valence-electron chi connectivity index (χ4n) is 5.68. The van der Waals surface area contributed by atoms with E-state index < -0.39 is 6.85 Å². The van der Waals surface area contributed by atoms with Gasteiger partial charge >= 0.3 is 0 Å². The lowest BCUT2D eigenvalue weighted by Gasteiger charge is -2.10. The largest absolute Gasteiger partial charge is 0.454 e. The molecule has 0 aliphatic rings. The van der Waals surface area contributed by atoms with E-state index in [4.69, 9.17) is 8.53 Å². The number of pyridine rings is 1.